The third kappa shape index (κ3) is 2.92. The molecule has 0 heterocycles. The second-order valence-corrected chi connectivity index (χ2v) is 4.06. The Hall–Kier alpha value is -2.47. The molecule has 20 heavy (non-hydrogen) atoms. The van der Waals surface area contributed by atoms with Gasteiger partial charge in [0, 0.05) is 11.6 Å². The zero-order valence-electron chi connectivity index (χ0n) is 10.5. The largest absolute Gasteiger partial charge is 0.485 e. The van der Waals surface area contributed by atoms with Crippen molar-refractivity contribution in [1.29, 1.82) is 0 Å². The Bertz CT molecular complexity index is 630. The fourth-order valence-electron chi connectivity index (χ4n) is 1.80. The molecule has 0 spiro atoms. The summed E-state index contributed by atoms with van der Waals surface area (Å²) in [6.45, 7) is -0.519. The fourth-order valence-corrected chi connectivity index (χ4v) is 1.80. The van der Waals surface area contributed by atoms with Gasteiger partial charge in [-0.15, -0.1) is 0 Å². The van der Waals surface area contributed by atoms with Crippen LogP contribution in [-0.4, -0.2) is 10.0 Å². The van der Waals surface area contributed by atoms with Gasteiger partial charge in [0.25, 0.3) is 5.69 Å². The first-order chi connectivity index (χ1) is 9.63. The Labute approximate surface area is 114 Å². The molecule has 0 bridgehead atoms. The van der Waals surface area contributed by atoms with Gasteiger partial charge in [-0.25, -0.2) is 4.39 Å². The van der Waals surface area contributed by atoms with Gasteiger partial charge in [-0.2, -0.15) is 0 Å². The Morgan fingerprint density at radius 3 is 2.55 bits per heavy atom. The van der Waals surface area contributed by atoms with Crippen molar-refractivity contribution in [3.63, 3.8) is 0 Å². The van der Waals surface area contributed by atoms with Gasteiger partial charge in [-0.3, -0.25) is 10.1 Å². The summed E-state index contributed by atoms with van der Waals surface area (Å²) in [5.41, 5.74) is 0.544. The molecule has 0 unspecified atom stereocenters. The zero-order valence-corrected chi connectivity index (χ0v) is 10.5. The van der Waals surface area contributed by atoms with E-state index < -0.39 is 10.7 Å². The van der Waals surface area contributed by atoms with Crippen LogP contribution < -0.4 is 4.74 Å². The molecule has 0 aliphatic heterocycles. The molecule has 0 aromatic heterocycles. The van der Waals surface area contributed by atoms with Crippen LogP contribution in [0.4, 0.5) is 10.1 Å². The average molecular weight is 277 g/mol. The molecular weight excluding hydrogens is 265 g/mol. The minimum atomic E-state index is -0.616. The molecular formula is C14H12FNO4. The van der Waals surface area contributed by atoms with Gasteiger partial charge in [0.2, 0.25) is 0 Å². The summed E-state index contributed by atoms with van der Waals surface area (Å²) in [7, 11) is 0. The molecule has 0 fully saturated rings. The summed E-state index contributed by atoms with van der Waals surface area (Å²) >= 11 is 0. The Morgan fingerprint density at radius 2 is 1.85 bits per heavy atom. The maximum absolute atomic E-state index is 13.6. The Morgan fingerprint density at radius 1 is 1.15 bits per heavy atom. The maximum atomic E-state index is 13.6. The quantitative estimate of drug-likeness (QED) is 0.673. The van der Waals surface area contributed by atoms with E-state index in [9.17, 15) is 14.5 Å². The molecule has 2 aromatic carbocycles. The highest BCUT2D eigenvalue weighted by atomic mass is 19.1. The average Bonchev–Trinajstić information content (AvgIpc) is 2.46. The van der Waals surface area contributed by atoms with E-state index >= 15 is 0 Å². The standard InChI is InChI=1S/C14H12FNO4/c15-12-6-3-5-10(8-17)14(12)20-9-11-4-1-2-7-13(11)16(18)19/h1-7,17H,8-9H2. The van der Waals surface area contributed by atoms with Gasteiger partial charge in [0.1, 0.15) is 6.61 Å². The summed E-state index contributed by atoms with van der Waals surface area (Å²) < 4.78 is 18.9. The molecule has 6 heteroatoms. The number of hydrogen-bond acceptors (Lipinski definition) is 4. The molecule has 0 radical (unpaired) electrons. The highest BCUT2D eigenvalue weighted by Gasteiger charge is 2.15. The number of rotatable bonds is 5. The van der Waals surface area contributed by atoms with Crippen LogP contribution in [-0.2, 0) is 13.2 Å². The van der Waals surface area contributed by atoms with E-state index in [0.717, 1.165) is 0 Å². The van der Waals surface area contributed by atoms with Crippen molar-refractivity contribution < 1.29 is 19.2 Å². The number of halogens is 1. The minimum Gasteiger partial charge on any atom is -0.485 e. The molecule has 2 aromatic rings. The van der Waals surface area contributed by atoms with E-state index in [1.54, 1.807) is 12.1 Å². The molecule has 0 atom stereocenters. The van der Waals surface area contributed by atoms with Crippen molar-refractivity contribution >= 4 is 5.69 Å². The summed E-state index contributed by atoms with van der Waals surface area (Å²) in [6, 6.07) is 10.3. The number of aliphatic hydroxyl groups excluding tert-OH is 1. The predicted octanol–water partition coefficient (Wildman–Crippen LogP) is 2.81. The van der Waals surface area contributed by atoms with Gasteiger partial charge in [0.05, 0.1) is 17.1 Å². The topological polar surface area (TPSA) is 72.6 Å². The number of ether oxygens (including phenoxy) is 1. The Balaban J connectivity index is 2.24. The maximum Gasteiger partial charge on any atom is 0.276 e. The number of aliphatic hydroxyl groups is 1. The molecule has 0 amide bonds. The Kier molecular flexibility index (Phi) is 4.27. The lowest BCUT2D eigenvalue weighted by molar-refractivity contribution is -0.385. The monoisotopic (exact) mass is 277 g/mol. The highest BCUT2D eigenvalue weighted by molar-refractivity contribution is 5.40. The third-order valence-electron chi connectivity index (χ3n) is 2.78. The number of benzene rings is 2. The molecule has 0 aliphatic rings. The smallest absolute Gasteiger partial charge is 0.276 e. The van der Waals surface area contributed by atoms with Crippen molar-refractivity contribution in [1.82, 2.24) is 0 Å². The number of nitro groups is 1. The van der Waals surface area contributed by atoms with Gasteiger partial charge in [0.15, 0.2) is 11.6 Å². The molecule has 0 aliphatic carbocycles. The lowest BCUT2D eigenvalue weighted by Gasteiger charge is -2.11. The summed E-state index contributed by atoms with van der Waals surface area (Å²) in [6.07, 6.45) is 0. The molecule has 2 rings (SSSR count). The summed E-state index contributed by atoms with van der Waals surface area (Å²) in [4.78, 5) is 10.3. The third-order valence-corrected chi connectivity index (χ3v) is 2.78. The number of para-hydroxylation sites is 2. The summed E-state index contributed by atoms with van der Waals surface area (Å²) in [5.74, 6) is -0.705. The van der Waals surface area contributed by atoms with Crippen molar-refractivity contribution in [3.8, 4) is 5.75 Å². The second kappa shape index (κ2) is 6.12. The normalized spacial score (nSPS) is 10.3. The van der Waals surface area contributed by atoms with E-state index in [1.807, 2.05) is 0 Å². The summed E-state index contributed by atoms with van der Waals surface area (Å²) in [5, 5.41) is 20.0. The molecule has 5 nitrogen and oxygen atoms in total. The van der Waals surface area contributed by atoms with E-state index in [-0.39, 0.29) is 24.7 Å². The van der Waals surface area contributed by atoms with Crippen LogP contribution in [0.3, 0.4) is 0 Å². The fraction of sp³-hybridized carbons (Fsp3) is 0.143. The van der Waals surface area contributed by atoms with Crippen LogP contribution in [0, 0.1) is 15.9 Å². The van der Waals surface area contributed by atoms with Crippen LogP contribution in [0.25, 0.3) is 0 Å². The van der Waals surface area contributed by atoms with Crippen LogP contribution in [0.5, 0.6) is 5.75 Å². The van der Waals surface area contributed by atoms with Crippen molar-refractivity contribution in [3.05, 3.63) is 69.5 Å². The molecule has 104 valence electrons. The number of nitro benzene ring substituents is 1. The first-order valence-corrected chi connectivity index (χ1v) is 5.87. The number of hydrogen-bond donors (Lipinski definition) is 1. The minimum absolute atomic E-state index is 0.0885. The van der Waals surface area contributed by atoms with E-state index in [1.165, 1.54) is 30.3 Å². The van der Waals surface area contributed by atoms with Gasteiger partial charge < -0.3 is 9.84 Å². The first kappa shape index (κ1) is 14.0. The highest BCUT2D eigenvalue weighted by Crippen LogP contribution is 2.25. The van der Waals surface area contributed by atoms with E-state index in [4.69, 9.17) is 9.84 Å². The van der Waals surface area contributed by atoms with E-state index in [2.05, 4.69) is 0 Å². The van der Waals surface area contributed by atoms with Gasteiger partial charge in [-0.1, -0.05) is 24.3 Å². The number of nitrogens with zero attached hydrogens (tertiary/aromatic N) is 1. The molecule has 1 N–H and O–H groups in total. The van der Waals surface area contributed by atoms with Gasteiger partial charge >= 0.3 is 0 Å². The zero-order chi connectivity index (χ0) is 14.5. The van der Waals surface area contributed by atoms with Crippen LogP contribution in [0.2, 0.25) is 0 Å². The van der Waals surface area contributed by atoms with Crippen molar-refractivity contribution in [2.75, 3.05) is 0 Å². The molecule has 0 saturated carbocycles. The molecule has 0 saturated heterocycles. The van der Waals surface area contributed by atoms with Crippen LogP contribution >= 0.6 is 0 Å². The van der Waals surface area contributed by atoms with Crippen molar-refractivity contribution in [2.24, 2.45) is 0 Å². The SMILES string of the molecule is O=[N+]([O-])c1ccccc1COc1c(F)cccc1CO. The van der Waals surface area contributed by atoms with Gasteiger partial charge in [-0.05, 0) is 12.1 Å². The van der Waals surface area contributed by atoms with Crippen molar-refractivity contribution in [2.45, 2.75) is 13.2 Å². The van der Waals surface area contributed by atoms with Crippen LogP contribution in [0.15, 0.2) is 42.5 Å². The van der Waals surface area contributed by atoms with Crippen LogP contribution in [0.1, 0.15) is 11.1 Å². The lowest BCUT2D eigenvalue weighted by Crippen LogP contribution is -2.03. The predicted molar refractivity (Wildman–Crippen MR) is 69.8 cm³/mol. The lowest BCUT2D eigenvalue weighted by atomic mass is 10.2. The second-order valence-electron chi connectivity index (χ2n) is 4.06. The first-order valence-electron chi connectivity index (χ1n) is 5.87. The van der Waals surface area contributed by atoms with E-state index in [0.29, 0.717) is 11.1 Å².